The third-order valence-corrected chi connectivity index (χ3v) is 6.59. The van der Waals surface area contributed by atoms with E-state index in [0.717, 1.165) is 43.6 Å². The van der Waals surface area contributed by atoms with E-state index in [-0.39, 0.29) is 35.8 Å². The van der Waals surface area contributed by atoms with Gasteiger partial charge in [-0.1, -0.05) is 0 Å². The SMILES string of the molecule is CC(C)(C)n1nc2cc1Nc1cc(C#N)cc(n1)CO[C@H]1C[C@@H](C1)NC(=O)O[C@@H]1CC[C@H]2C1. The molecule has 2 N–H and O–H groups in total. The molecule has 4 aliphatic rings. The van der Waals surface area contributed by atoms with Gasteiger partial charge in [0, 0.05) is 18.0 Å². The lowest BCUT2D eigenvalue weighted by molar-refractivity contribution is -0.0283. The van der Waals surface area contributed by atoms with Gasteiger partial charge in [0.25, 0.3) is 0 Å². The Kier molecular flexibility index (Phi) is 5.49. The number of hydrogen-bond donors (Lipinski definition) is 2. The molecule has 0 radical (unpaired) electrons. The Labute approximate surface area is 193 Å². The highest BCUT2D eigenvalue weighted by Crippen LogP contribution is 2.38. The molecule has 0 spiro atoms. The summed E-state index contributed by atoms with van der Waals surface area (Å²) in [4.78, 5) is 17.0. The Morgan fingerprint density at radius 1 is 1.15 bits per heavy atom. The molecule has 9 nitrogen and oxygen atoms in total. The molecular weight excluding hydrogens is 420 g/mol. The van der Waals surface area contributed by atoms with E-state index >= 15 is 0 Å². The van der Waals surface area contributed by atoms with E-state index in [4.69, 9.17) is 19.6 Å². The van der Waals surface area contributed by atoms with E-state index in [1.165, 1.54) is 0 Å². The summed E-state index contributed by atoms with van der Waals surface area (Å²) in [5.74, 6) is 1.63. The summed E-state index contributed by atoms with van der Waals surface area (Å²) >= 11 is 0. The maximum Gasteiger partial charge on any atom is 0.407 e. The molecule has 2 aromatic rings. The minimum Gasteiger partial charge on any atom is -0.446 e. The minimum absolute atomic E-state index is 0.0545. The number of pyridine rings is 1. The summed E-state index contributed by atoms with van der Waals surface area (Å²) in [7, 11) is 0. The molecule has 0 saturated heterocycles. The molecule has 2 aliphatic carbocycles. The second-order valence-electron chi connectivity index (χ2n) is 10.3. The molecule has 6 rings (SSSR count). The zero-order valence-electron chi connectivity index (χ0n) is 19.3. The highest BCUT2D eigenvalue weighted by Gasteiger charge is 2.35. The summed E-state index contributed by atoms with van der Waals surface area (Å²) in [6.45, 7) is 6.60. The van der Waals surface area contributed by atoms with Crippen molar-refractivity contribution in [3.05, 3.63) is 35.2 Å². The van der Waals surface area contributed by atoms with Crippen LogP contribution in [-0.4, -0.2) is 39.1 Å². The van der Waals surface area contributed by atoms with Gasteiger partial charge in [-0.3, -0.25) is 0 Å². The molecule has 8 bridgehead atoms. The molecule has 2 fully saturated rings. The highest BCUT2D eigenvalue weighted by molar-refractivity contribution is 5.68. The van der Waals surface area contributed by atoms with Crippen LogP contribution in [0.1, 0.15) is 75.7 Å². The lowest BCUT2D eigenvalue weighted by atomic mass is 9.89. The van der Waals surface area contributed by atoms with E-state index in [9.17, 15) is 10.1 Å². The molecule has 1 amide bonds. The van der Waals surface area contributed by atoms with E-state index in [2.05, 4.69) is 37.5 Å². The van der Waals surface area contributed by atoms with E-state index < -0.39 is 0 Å². The molecule has 0 aromatic carbocycles. The van der Waals surface area contributed by atoms with Gasteiger partial charge in [0.15, 0.2) is 0 Å². The Balaban J connectivity index is 1.49. The quantitative estimate of drug-likeness (QED) is 0.622. The average Bonchev–Trinajstić information content (AvgIpc) is 3.35. The molecule has 174 valence electrons. The number of amides is 1. The molecule has 2 saturated carbocycles. The van der Waals surface area contributed by atoms with Crippen LogP contribution in [0.5, 0.6) is 0 Å². The number of nitrogens with one attached hydrogen (secondary N) is 2. The predicted molar refractivity (Wildman–Crippen MR) is 121 cm³/mol. The van der Waals surface area contributed by atoms with Crippen LogP contribution in [-0.2, 0) is 21.6 Å². The lowest BCUT2D eigenvalue weighted by Crippen LogP contribution is -2.48. The normalized spacial score (nSPS) is 27.2. The summed E-state index contributed by atoms with van der Waals surface area (Å²) in [6, 6.07) is 7.83. The first kappa shape index (κ1) is 21.7. The highest BCUT2D eigenvalue weighted by atomic mass is 16.6. The van der Waals surface area contributed by atoms with Gasteiger partial charge in [-0.25, -0.2) is 14.5 Å². The van der Waals surface area contributed by atoms with Gasteiger partial charge >= 0.3 is 6.09 Å². The van der Waals surface area contributed by atoms with Gasteiger partial charge in [0.2, 0.25) is 0 Å². The number of nitriles is 1. The van der Waals surface area contributed by atoms with Crippen molar-refractivity contribution in [3.63, 3.8) is 0 Å². The number of carbonyl (C=O) groups excluding carboxylic acids is 1. The zero-order valence-corrected chi connectivity index (χ0v) is 19.3. The standard InChI is InChI=1S/C24H30N6O3/c1-24(2,3)30-22-11-20(29-30)15-4-5-18(8-15)33-23(31)27-16-9-19(10-16)32-13-17-6-14(12-25)7-21(26-17)28-22/h6-7,11,15-16,18-19H,4-5,8-10,13H2,1-3H3,(H,26,28)(H,27,31)/t15-,16-,18+,19-/m0/s1. The second-order valence-corrected chi connectivity index (χ2v) is 10.3. The fourth-order valence-corrected chi connectivity index (χ4v) is 4.81. The lowest BCUT2D eigenvalue weighted by Gasteiger charge is -2.35. The molecule has 0 unspecified atom stereocenters. The number of aromatic nitrogens is 3. The van der Waals surface area contributed by atoms with Crippen molar-refractivity contribution in [3.8, 4) is 6.07 Å². The molecular formula is C24H30N6O3. The molecule has 2 aliphatic heterocycles. The fourth-order valence-electron chi connectivity index (χ4n) is 4.81. The van der Waals surface area contributed by atoms with E-state index in [1.54, 1.807) is 12.1 Å². The predicted octanol–water partition coefficient (Wildman–Crippen LogP) is 4.07. The first-order valence-corrected chi connectivity index (χ1v) is 11.6. The Bertz CT molecular complexity index is 1090. The van der Waals surface area contributed by atoms with Crippen molar-refractivity contribution in [2.45, 2.75) is 89.2 Å². The monoisotopic (exact) mass is 450 g/mol. The van der Waals surface area contributed by atoms with Gasteiger partial charge in [-0.15, -0.1) is 0 Å². The maximum atomic E-state index is 12.4. The third kappa shape index (κ3) is 4.67. The largest absolute Gasteiger partial charge is 0.446 e. The minimum atomic E-state index is -0.346. The third-order valence-electron chi connectivity index (χ3n) is 6.59. The van der Waals surface area contributed by atoms with Crippen LogP contribution in [0.25, 0.3) is 0 Å². The summed E-state index contributed by atoms with van der Waals surface area (Å²) in [6.07, 6.45) is 3.61. The van der Waals surface area contributed by atoms with Crippen molar-refractivity contribution in [2.75, 3.05) is 5.32 Å². The smallest absolute Gasteiger partial charge is 0.407 e. The maximum absolute atomic E-state index is 12.4. The first-order valence-electron chi connectivity index (χ1n) is 11.6. The van der Waals surface area contributed by atoms with Gasteiger partial charge < -0.3 is 20.1 Å². The molecule has 9 heteroatoms. The Hall–Kier alpha value is -3.12. The van der Waals surface area contributed by atoms with Crippen LogP contribution in [0.4, 0.5) is 16.4 Å². The number of fused-ring (bicyclic) bond motifs is 3. The fraction of sp³-hybridized carbons (Fsp3) is 0.583. The van der Waals surface area contributed by atoms with Crippen molar-refractivity contribution in [1.29, 1.82) is 5.26 Å². The summed E-state index contributed by atoms with van der Waals surface area (Å²) in [5.41, 5.74) is 1.93. The van der Waals surface area contributed by atoms with Gasteiger partial charge in [-0.2, -0.15) is 10.4 Å². The number of hydrogen-bond acceptors (Lipinski definition) is 7. The van der Waals surface area contributed by atoms with Crippen LogP contribution in [0.2, 0.25) is 0 Å². The van der Waals surface area contributed by atoms with Crippen LogP contribution < -0.4 is 10.6 Å². The number of ether oxygens (including phenoxy) is 2. The van der Waals surface area contributed by atoms with Crippen LogP contribution >= 0.6 is 0 Å². The number of anilines is 2. The van der Waals surface area contributed by atoms with Crippen molar-refractivity contribution >= 4 is 17.7 Å². The van der Waals surface area contributed by atoms with Gasteiger partial charge in [-0.05, 0) is 65.0 Å². The Morgan fingerprint density at radius 3 is 2.73 bits per heavy atom. The van der Waals surface area contributed by atoms with Gasteiger partial charge in [0.05, 0.1) is 41.3 Å². The number of nitrogens with zero attached hydrogens (tertiary/aromatic N) is 4. The summed E-state index contributed by atoms with van der Waals surface area (Å²) in [5, 5.41) is 20.8. The van der Waals surface area contributed by atoms with Crippen LogP contribution in [0.3, 0.4) is 0 Å². The second kappa shape index (κ2) is 8.34. The van der Waals surface area contributed by atoms with Crippen molar-refractivity contribution in [2.24, 2.45) is 0 Å². The van der Waals surface area contributed by atoms with E-state index in [1.807, 2.05) is 10.7 Å². The van der Waals surface area contributed by atoms with Crippen LogP contribution in [0.15, 0.2) is 18.2 Å². The summed E-state index contributed by atoms with van der Waals surface area (Å²) < 4.78 is 13.6. The number of alkyl carbamates (subject to hydrolysis) is 1. The Morgan fingerprint density at radius 2 is 1.97 bits per heavy atom. The first-order chi connectivity index (χ1) is 15.8. The average molecular weight is 451 g/mol. The molecule has 2 atom stereocenters. The topological polar surface area (TPSA) is 114 Å². The van der Waals surface area contributed by atoms with Gasteiger partial charge in [0.1, 0.15) is 17.7 Å². The molecule has 4 heterocycles. The van der Waals surface area contributed by atoms with Crippen molar-refractivity contribution in [1.82, 2.24) is 20.1 Å². The molecule has 33 heavy (non-hydrogen) atoms. The molecule has 2 aromatic heterocycles. The van der Waals surface area contributed by atoms with Crippen molar-refractivity contribution < 1.29 is 14.3 Å². The van der Waals surface area contributed by atoms with E-state index in [0.29, 0.717) is 23.7 Å². The van der Waals surface area contributed by atoms with Crippen LogP contribution in [0, 0.1) is 11.3 Å². The number of carbonyl (C=O) groups is 1. The zero-order chi connectivity index (χ0) is 23.2. The number of rotatable bonds is 0.